The van der Waals surface area contributed by atoms with E-state index in [1.165, 1.54) is 29.8 Å². The maximum Gasteiger partial charge on any atom is 0.269 e. The van der Waals surface area contributed by atoms with Crippen LogP contribution in [0.3, 0.4) is 0 Å². The molecule has 2 aromatic rings. The molecule has 1 heterocycles. The van der Waals surface area contributed by atoms with Gasteiger partial charge in [0.25, 0.3) is 11.6 Å². The van der Waals surface area contributed by atoms with Crippen LogP contribution in [0.25, 0.3) is 0 Å². The number of rotatable bonds is 6. The largest absolute Gasteiger partial charge is 0.336 e. The first kappa shape index (κ1) is 21.4. The molecule has 1 aliphatic rings. The van der Waals surface area contributed by atoms with Gasteiger partial charge in [0.05, 0.1) is 11.5 Å². The smallest absolute Gasteiger partial charge is 0.269 e. The molecule has 3 rings (SSSR count). The lowest BCUT2D eigenvalue weighted by molar-refractivity contribution is -0.384. The standard InChI is InChI=1S/C22H26N4O4/c1-16(2)17-3-5-18(6-4-17)22(28)25-13-11-24(12-14-25)15-21(27)23-19-7-9-20(10-8-19)26(29)30/h3-10,16H,11-15H2,1-2H3,(H,23,27). The molecule has 0 aliphatic carbocycles. The number of benzene rings is 2. The van der Waals surface area contributed by atoms with Gasteiger partial charge >= 0.3 is 0 Å². The molecule has 0 bridgehead atoms. The Morgan fingerprint density at radius 2 is 1.60 bits per heavy atom. The van der Waals surface area contributed by atoms with E-state index in [0.717, 1.165) is 0 Å². The predicted molar refractivity (Wildman–Crippen MR) is 115 cm³/mol. The third-order valence-electron chi connectivity index (χ3n) is 5.21. The maximum atomic E-state index is 12.7. The average Bonchev–Trinajstić information content (AvgIpc) is 2.74. The van der Waals surface area contributed by atoms with Gasteiger partial charge in [-0.05, 0) is 35.7 Å². The summed E-state index contributed by atoms with van der Waals surface area (Å²) in [7, 11) is 0. The maximum absolute atomic E-state index is 12.7. The molecule has 0 unspecified atom stereocenters. The highest BCUT2D eigenvalue weighted by Crippen LogP contribution is 2.17. The molecule has 1 N–H and O–H groups in total. The van der Waals surface area contributed by atoms with E-state index >= 15 is 0 Å². The fourth-order valence-corrected chi connectivity index (χ4v) is 3.37. The number of nitrogens with one attached hydrogen (secondary N) is 1. The van der Waals surface area contributed by atoms with Crippen LogP contribution in [0.5, 0.6) is 0 Å². The highest BCUT2D eigenvalue weighted by atomic mass is 16.6. The van der Waals surface area contributed by atoms with Crippen LogP contribution in [0, 0.1) is 10.1 Å². The second-order valence-electron chi connectivity index (χ2n) is 7.70. The average molecular weight is 410 g/mol. The molecule has 8 heteroatoms. The van der Waals surface area contributed by atoms with Crippen LogP contribution >= 0.6 is 0 Å². The first-order valence-electron chi connectivity index (χ1n) is 9.99. The number of nitro benzene ring substituents is 1. The minimum Gasteiger partial charge on any atom is -0.336 e. The summed E-state index contributed by atoms with van der Waals surface area (Å²) < 4.78 is 0. The van der Waals surface area contributed by atoms with Gasteiger partial charge in [0, 0.05) is 49.6 Å². The summed E-state index contributed by atoms with van der Waals surface area (Å²) in [5.41, 5.74) is 2.39. The van der Waals surface area contributed by atoms with E-state index in [2.05, 4.69) is 19.2 Å². The third kappa shape index (κ3) is 5.42. The molecule has 158 valence electrons. The number of hydrogen-bond acceptors (Lipinski definition) is 5. The highest BCUT2D eigenvalue weighted by Gasteiger charge is 2.23. The molecule has 0 saturated carbocycles. The summed E-state index contributed by atoms with van der Waals surface area (Å²) in [4.78, 5) is 39.0. The van der Waals surface area contributed by atoms with Crippen molar-refractivity contribution in [1.82, 2.24) is 9.80 Å². The SMILES string of the molecule is CC(C)c1ccc(C(=O)N2CCN(CC(=O)Nc3ccc([N+](=O)[O-])cc3)CC2)cc1. The summed E-state index contributed by atoms with van der Waals surface area (Å²) in [6, 6.07) is 13.5. The van der Waals surface area contributed by atoms with E-state index in [9.17, 15) is 19.7 Å². The molecule has 0 radical (unpaired) electrons. The van der Waals surface area contributed by atoms with Gasteiger partial charge in [0.2, 0.25) is 5.91 Å². The van der Waals surface area contributed by atoms with Crippen molar-refractivity contribution in [3.63, 3.8) is 0 Å². The van der Waals surface area contributed by atoms with Gasteiger partial charge in [-0.2, -0.15) is 0 Å². The van der Waals surface area contributed by atoms with Crippen molar-refractivity contribution in [2.24, 2.45) is 0 Å². The number of carbonyl (C=O) groups is 2. The Balaban J connectivity index is 1.47. The minimum absolute atomic E-state index is 0.0142. The lowest BCUT2D eigenvalue weighted by Gasteiger charge is -2.34. The van der Waals surface area contributed by atoms with Crippen LogP contribution in [0.1, 0.15) is 35.7 Å². The fourth-order valence-electron chi connectivity index (χ4n) is 3.37. The molecule has 1 fully saturated rings. The van der Waals surface area contributed by atoms with Crippen molar-refractivity contribution in [2.75, 3.05) is 38.0 Å². The zero-order chi connectivity index (χ0) is 21.7. The summed E-state index contributed by atoms with van der Waals surface area (Å²) >= 11 is 0. The Labute approximate surface area is 175 Å². The predicted octanol–water partition coefficient (Wildman–Crippen LogP) is 3.11. The molecular weight excluding hydrogens is 384 g/mol. The zero-order valence-corrected chi connectivity index (χ0v) is 17.2. The Morgan fingerprint density at radius 3 is 2.13 bits per heavy atom. The van der Waals surface area contributed by atoms with Crippen molar-refractivity contribution >= 4 is 23.2 Å². The molecule has 0 atom stereocenters. The Hall–Kier alpha value is -3.26. The van der Waals surface area contributed by atoms with E-state index < -0.39 is 4.92 Å². The number of anilines is 1. The van der Waals surface area contributed by atoms with Crippen molar-refractivity contribution in [2.45, 2.75) is 19.8 Å². The van der Waals surface area contributed by atoms with Crippen LogP contribution in [-0.4, -0.2) is 59.3 Å². The van der Waals surface area contributed by atoms with Gasteiger partial charge in [-0.1, -0.05) is 26.0 Å². The summed E-state index contributed by atoms with van der Waals surface area (Å²) in [5.74, 6) is 0.253. The van der Waals surface area contributed by atoms with E-state index in [0.29, 0.717) is 43.3 Å². The molecule has 30 heavy (non-hydrogen) atoms. The fraction of sp³-hybridized carbons (Fsp3) is 0.364. The number of hydrogen-bond donors (Lipinski definition) is 1. The van der Waals surface area contributed by atoms with Gasteiger partial charge in [-0.15, -0.1) is 0 Å². The molecule has 1 saturated heterocycles. The van der Waals surface area contributed by atoms with Gasteiger partial charge in [-0.25, -0.2) is 0 Å². The minimum atomic E-state index is -0.481. The Kier molecular flexibility index (Phi) is 6.79. The molecule has 2 amide bonds. The monoisotopic (exact) mass is 410 g/mol. The van der Waals surface area contributed by atoms with E-state index in [1.54, 1.807) is 0 Å². The van der Waals surface area contributed by atoms with Crippen LogP contribution in [0.2, 0.25) is 0 Å². The molecule has 2 aromatic carbocycles. The van der Waals surface area contributed by atoms with Gasteiger partial charge in [0.15, 0.2) is 0 Å². The van der Waals surface area contributed by atoms with Crippen LogP contribution in [-0.2, 0) is 4.79 Å². The second kappa shape index (κ2) is 9.49. The number of carbonyl (C=O) groups excluding carboxylic acids is 2. The topological polar surface area (TPSA) is 95.8 Å². The molecule has 0 aromatic heterocycles. The lowest BCUT2D eigenvalue weighted by Crippen LogP contribution is -2.50. The first-order valence-corrected chi connectivity index (χ1v) is 9.99. The van der Waals surface area contributed by atoms with Crippen molar-refractivity contribution in [3.05, 3.63) is 69.8 Å². The van der Waals surface area contributed by atoms with Crippen molar-refractivity contribution in [3.8, 4) is 0 Å². The Bertz CT molecular complexity index is 902. The second-order valence-corrected chi connectivity index (χ2v) is 7.70. The Morgan fingerprint density at radius 1 is 1.00 bits per heavy atom. The summed E-state index contributed by atoms with van der Waals surface area (Å²) in [6.45, 7) is 6.81. The highest BCUT2D eigenvalue weighted by molar-refractivity contribution is 5.94. The quantitative estimate of drug-likeness (QED) is 0.583. The van der Waals surface area contributed by atoms with Crippen molar-refractivity contribution < 1.29 is 14.5 Å². The first-order chi connectivity index (χ1) is 14.3. The van der Waals surface area contributed by atoms with Crippen LogP contribution in [0.4, 0.5) is 11.4 Å². The zero-order valence-electron chi connectivity index (χ0n) is 17.2. The normalized spacial score (nSPS) is 14.6. The summed E-state index contributed by atoms with van der Waals surface area (Å²) in [5, 5.41) is 13.4. The number of non-ortho nitro benzene ring substituents is 1. The third-order valence-corrected chi connectivity index (χ3v) is 5.21. The molecule has 1 aliphatic heterocycles. The van der Waals surface area contributed by atoms with Crippen LogP contribution < -0.4 is 5.32 Å². The lowest BCUT2D eigenvalue weighted by atomic mass is 10.0. The van der Waals surface area contributed by atoms with Crippen molar-refractivity contribution in [1.29, 1.82) is 0 Å². The molecule has 0 spiro atoms. The van der Waals surface area contributed by atoms with E-state index in [-0.39, 0.29) is 24.0 Å². The number of piperazine rings is 1. The number of nitro groups is 1. The van der Waals surface area contributed by atoms with E-state index in [1.807, 2.05) is 34.1 Å². The van der Waals surface area contributed by atoms with Crippen LogP contribution in [0.15, 0.2) is 48.5 Å². The molecule has 8 nitrogen and oxygen atoms in total. The number of nitrogens with zero attached hydrogens (tertiary/aromatic N) is 3. The van der Waals surface area contributed by atoms with E-state index in [4.69, 9.17) is 0 Å². The van der Waals surface area contributed by atoms with Gasteiger partial charge in [-0.3, -0.25) is 24.6 Å². The van der Waals surface area contributed by atoms with Gasteiger partial charge in [0.1, 0.15) is 0 Å². The van der Waals surface area contributed by atoms with Gasteiger partial charge < -0.3 is 10.2 Å². The molecular formula is C22H26N4O4. The number of amides is 2. The summed E-state index contributed by atoms with van der Waals surface area (Å²) in [6.07, 6.45) is 0.